The van der Waals surface area contributed by atoms with Crippen molar-refractivity contribution < 1.29 is 9.12 Å². The Hall–Kier alpha value is -3.37. The number of hydrogen-bond acceptors (Lipinski definition) is 8. The number of pyridine rings is 2. The summed E-state index contributed by atoms with van der Waals surface area (Å²) in [4.78, 5) is 18.3. The van der Waals surface area contributed by atoms with Gasteiger partial charge in [0.25, 0.3) is 0 Å². The van der Waals surface area contributed by atoms with Gasteiger partial charge < -0.3 is 20.3 Å². The maximum Gasteiger partial charge on any atom is 0.235 e. The molecular weight excluding hydrogens is 465 g/mol. The Balaban J connectivity index is 1.38. The van der Waals surface area contributed by atoms with Crippen LogP contribution in [0.5, 0.6) is 0 Å². The monoisotopic (exact) mass is 493 g/mol. The summed E-state index contributed by atoms with van der Waals surface area (Å²) in [5.74, 6) is 0.520. The molecule has 10 heteroatoms. The number of aromatic nitrogens is 4. The van der Waals surface area contributed by atoms with E-state index in [4.69, 9.17) is 0 Å². The average molecular weight is 494 g/mol. The third kappa shape index (κ3) is 4.76. The number of nitrogens with zero attached hydrogens (tertiary/aromatic N) is 6. The second kappa shape index (κ2) is 9.71. The van der Waals surface area contributed by atoms with Gasteiger partial charge >= 0.3 is 0 Å². The lowest BCUT2D eigenvalue weighted by atomic mass is 10.0. The van der Waals surface area contributed by atoms with E-state index in [1.165, 1.54) is 17.5 Å². The fourth-order valence-corrected chi connectivity index (χ4v) is 5.62. The molecule has 4 aromatic heterocycles. The second-order valence-electron chi connectivity index (χ2n) is 8.91. The summed E-state index contributed by atoms with van der Waals surface area (Å²) >= 11 is 1.36. The van der Waals surface area contributed by atoms with Gasteiger partial charge in [0.1, 0.15) is 16.2 Å². The Labute approximate surface area is 207 Å². The number of halogens is 1. The standard InChI is InChI=1S/C25H28FN7OS/c1-4-31-9-11-32(12-10-31)17-5-6-22(27-14-17)29-25-28-15-19(26)23(30-25)21-13-20-24(35-21)18(16(2)3)7-8-33(20)34/h5-8,13-16H,4,9-12H2,1-3H3,(H,27,28,29,30). The third-order valence-electron chi connectivity index (χ3n) is 6.37. The van der Waals surface area contributed by atoms with Crippen molar-refractivity contribution in [2.45, 2.75) is 26.7 Å². The number of likely N-dealkylation sites (N-methyl/N-ethyl adjacent to an activating group) is 1. The lowest BCUT2D eigenvalue weighted by Gasteiger charge is -2.35. The zero-order valence-electron chi connectivity index (χ0n) is 20.0. The second-order valence-corrected chi connectivity index (χ2v) is 9.97. The highest BCUT2D eigenvalue weighted by Gasteiger charge is 2.20. The largest absolute Gasteiger partial charge is 0.618 e. The van der Waals surface area contributed by atoms with Gasteiger partial charge in [-0.05, 0) is 30.2 Å². The summed E-state index contributed by atoms with van der Waals surface area (Å²) in [7, 11) is 0. The van der Waals surface area contributed by atoms with Crippen molar-refractivity contribution in [3.05, 3.63) is 59.4 Å². The van der Waals surface area contributed by atoms with Crippen LogP contribution in [-0.4, -0.2) is 52.6 Å². The Morgan fingerprint density at radius 1 is 1.14 bits per heavy atom. The van der Waals surface area contributed by atoms with Crippen LogP contribution in [0.15, 0.2) is 42.9 Å². The van der Waals surface area contributed by atoms with Crippen LogP contribution in [0.1, 0.15) is 32.3 Å². The van der Waals surface area contributed by atoms with Crippen LogP contribution >= 0.6 is 11.3 Å². The first-order valence-corrected chi connectivity index (χ1v) is 12.6. The predicted molar refractivity (Wildman–Crippen MR) is 138 cm³/mol. The molecule has 0 bridgehead atoms. The lowest BCUT2D eigenvalue weighted by molar-refractivity contribution is -0.576. The first-order chi connectivity index (χ1) is 16.9. The fraction of sp³-hybridized carbons (Fsp3) is 0.360. The van der Waals surface area contributed by atoms with E-state index in [9.17, 15) is 9.60 Å². The maximum absolute atomic E-state index is 14.7. The fourth-order valence-electron chi connectivity index (χ4n) is 4.31. The summed E-state index contributed by atoms with van der Waals surface area (Å²) in [5.41, 5.74) is 2.80. The van der Waals surface area contributed by atoms with E-state index in [2.05, 4.69) is 50.8 Å². The van der Waals surface area contributed by atoms with Crippen molar-refractivity contribution in [2.24, 2.45) is 0 Å². The molecule has 1 fully saturated rings. The van der Waals surface area contributed by atoms with Gasteiger partial charge in [-0.2, -0.15) is 4.73 Å². The van der Waals surface area contributed by atoms with Crippen molar-refractivity contribution in [3.8, 4) is 10.6 Å². The number of anilines is 3. The molecule has 0 amide bonds. The molecule has 5 rings (SSSR count). The average Bonchev–Trinajstić information content (AvgIpc) is 3.32. The molecule has 0 saturated carbocycles. The number of nitrogens with one attached hydrogen (secondary N) is 1. The molecule has 182 valence electrons. The summed E-state index contributed by atoms with van der Waals surface area (Å²) in [5, 5.41) is 15.4. The zero-order chi connectivity index (χ0) is 24.5. The molecule has 0 spiro atoms. The van der Waals surface area contributed by atoms with Gasteiger partial charge in [0, 0.05) is 38.3 Å². The molecule has 8 nitrogen and oxygen atoms in total. The van der Waals surface area contributed by atoms with Gasteiger partial charge in [0.05, 0.1) is 23.0 Å². The highest BCUT2D eigenvalue weighted by Crippen LogP contribution is 2.36. The van der Waals surface area contributed by atoms with Gasteiger partial charge in [-0.15, -0.1) is 11.3 Å². The normalized spacial score (nSPS) is 14.7. The molecule has 35 heavy (non-hydrogen) atoms. The van der Waals surface area contributed by atoms with Crippen LogP contribution in [-0.2, 0) is 0 Å². The molecule has 1 aliphatic rings. The summed E-state index contributed by atoms with van der Waals surface area (Å²) < 4.78 is 16.4. The van der Waals surface area contributed by atoms with Gasteiger partial charge in [-0.1, -0.05) is 20.8 Å². The molecular formula is C25H28FN7OS. The minimum atomic E-state index is -0.541. The predicted octanol–water partition coefficient (Wildman–Crippen LogP) is 4.53. The quantitative estimate of drug-likeness (QED) is 0.312. The summed E-state index contributed by atoms with van der Waals surface area (Å²) in [6.07, 6.45) is 4.47. The number of rotatable bonds is 6. The summed E-state index contributed by atoms with van der Waals surface area (Å²) in [6.45, 7) is 11.4. The van der Waals surface area contributed by atoms with Crippen molar-refractivity contribution in [3.63, 3.8) is 0 Å². The molecule has 0 aromatic carbocycles. The number of thiophene rings is 1. The van der Waals surface area contributed by atoms with Crippen LogP contribution in [0.2, 0.25) is 0 Å². The number of piperazine rings is 1. The molecule has 4 aromatic rings. The molecule has 5 heterocycles. The third-order valence-corrected chi connectivity index (χ3v) is 7.55. The Morgan fingerprint density at radius 2 is 1.94 bits per heavy atom. The van der Waals surface area contributed by atoms with Gasteiger partial charge in [-0.25, -0.2) is 19.3 Å². The van der Waals surface area contributed by atoms with E-state index in [0.29, 0.717) is 16.2 Å². The van der Waals surface area contributed by atoms with E-state index in [0.717, 1.165) is 59.6 Å². The molecule has 0 radical (unpaired) electrons. The highest BCUT2D eigenvalue weighted by atomic mass is 32.1. The van der Waals surface area contributed by atoms with Crippen LogP contribution in [0, 0.1) is 11.0 Å². The van der Waals surface area contributed by atoms with Crippen molar-refractivity contribution in [1.29, 1.82) is 0 Å². The van der Waals surface area contributed by atoms with E-state index < -0.39 is 5.82 Å². The first-order valence-electron chi connectivity index (χ1n) is 11.8. The minimum Gasteiger partial charge on any atom is -0.618 e. The lowest BCUT2D eigenvalue weighted by Crippen LogP contribution is -2.46. The summed E-state index contributed by atoms with van der Waals surface area (Å²) in [6, 6.07) is 7.42. The zero-order valence-corrected chi connectivity index (χ0v) is 20.8. The van der Waals surface area contributed by atoms with Gasteiger partial charge in [0.15, 0.2) is 12.0 Å². The molecule has 1 aliphatic heterocycles. The molecule has 0 aliphatic carbocycles. The van der Waals surface area contributed by atoms with Crippen LogP contribution < -0.4 is 14.9 Å². The SMILES string of the molecule is CCN1CCN(c2ccc(Nc3ncc(F)c(-c4cc5c(s4)c(C(C)C)cc[n+]5[O-])n3)nc2)CC1. The maximum atomic E-state index is 14.7. The smallest absolute Gasteiger partial charge is 0.235 e. The van der Waals surface area contributed by atoms with Crippen molar-refractivity contribution in [1.82, 2.24) is 19.9 Å². The molecule has 0 unspecified atom stereocenters. The highest BCUT2D eigenvalue weighted by molar-refractivity contribution is 7.22. The Kier molecular flexibility index (Phi) is 6.48. The van der Waals surface area contributed by atoms with Crippen molar-refractivity contribution >= 4 is 39.0 Å². The topological polar surface area (TPSA) is 84.1 Å². The number of fused-ring (bicyclic) bond motifs is 1. The van der Waals surface area contributed by atoms with E-state index in [-0.39, 0.29) is 17.6 Å². The van der Waals surface area contributed by atoms with Crippen LogP contribution in [0.3, 0.4) is 0 Å². The van der Waals surface area contributed by atoms with Crippen molar-refractivity contribution in [2.75, 3.05) is 42.9 Å². The number of hydrogen-bond donors (Lipinski definition) is 1. The van der Waals surface area contributed by atoms with E-state index in [1.807, 2.05) is 24.4 Å². The van der Waals surface area contributed by atoms with Gasteiger partial charge in [-0.3, -0.25) is 0 Å². The van der Waals surface area contributed by atoms with E-state index >= 15 is 0 Å². The molecule has 1 N–H and O–H groups in total. The molecule has 0 atom stereocenters. The Bertz CT molecular complexity index is 1330. The first kappa shape index (κ1) is 23.4. The Morgan fingerprint density at radius 3 is 2.63 bits per heavy atom. The van der Waals surface area contributed by atoms with E-state index in [1.54, 1.807) is 6.07 Å². The molecule has 1 saturated heterocycles. The van der Waals surface area contributed by atoms with Gasteiger partial charge in [0.2, 0.25) is 11.5 Å². The van der Waals surface area contributed by atoms with Crippen LogP contribution in [0.25, 0.3) is 20.8 Å². The minimum absolute atomic E-state index is 0.156. The van der Waals surface area contributed by atoms with Crippen LogP contribution in [0.4, 0.5) is 21.8 Å².